The minimum atomic E-state index is -0.392. The zero-order chi connectivity index (χ0) is 29.5. The standard InChI is InChI=1S/C31H38N6O5/c1-21-5-2-3-6-26(21)36-14-16-37(17-15-36)27-11-10-23(29(40)33-12-4-7-28(39)32-13-18-38)19-24(27)34-30(41)25-20-42-31(35-25)22-8-9-22/h2-3,5-6,10-11,19-20,22,38H,4,7-9,12-18H2,1H3,(H,32,39)(H,33,40)(H,34,41). The first kappa shape index (κ1) is 29.1. The molecule has 3 aromatic rings. The number of amides is 3. The molecule has 0 bridgehead atoms. The molecular weight excluding hydrogens is 536 g/mol. The Kier molecular flexibility index (Phi) is 9.38. The molecule has 1 aliphatic heterocycles. The van der Waals surface area contributed by atoms with Gasteiger partial charge in [-0.25, -0.2) is 4.98 Å². The minimum Gasteiger partial charge on any atom is -0.448 e. The summed E-state index contributed by atoms with van der Waals surface area (Å²) in [4.78, 5) is 46.9. The summed E-state index contributed by atoms with van der Waals surface area (Å²) in [6, 6.07) is 13.7. The Morgan fingerprint density at radius 2 is 1.69 bits per heavy atom. The van der Waals surface area contributed by atoms with Crippen LogP contribution in [0.25, 0.3) is 0 Å². The highest BCUT2D eigenvalue weighted by Gasteiger charge is 2.30. The number of carbonyl (C=O) groups excluding carboxylic acids is 3. The van der Waals surface area contributed by atoms with Crippen molar-refractivity contribution in [2.24, 2.45) is 0 Å². The molecule has 0 unspecified atom stereocenters. The largest absolute Gasteiger partial charge is 0.448 e. The van der Waals surface area contributed by atoms with Crippen LogP contribution in [-0.4, -0.2) is 73.7 Å². The molecule has 3 amide bonds. The van der Waals surface area contributed by atoms with Crippen molar-refractivity contribution < 1.29 is 23.9 Å². The zero-order valence-electron chi connectivity index (χ0n) is 23.9. The van der Waals surface area contributed by atoms with E-state index in [0.29, 0.717) is 36.0 Å². The summed E-state index contributed by atoms with van der Waals surface area (Å²) in [5, 5.41) is 17.2. The van der Waals surface area contributed by atoms with Gasteiger partial charge in [-0.1, -0.05) is 18.2 Å². The van der Waals surface area contributed by atoms with E-state index in [1.54, 1.807) is 12.1 Å². The van der Waals surface area contributed by atoms with Crippen LogP contribution in [0, 0.1) is 6.92 Å². The van der Waals surface area contributed by atoms with Crippen LogP contribution in [0.15, 0.2) is 53.1 Å². The summed E-state index contributed by atoms with van der Waals surface area (Å²) in [7, 11) is 0. The summed E-state index contributed by atoms with van der Waals surface area (Å²) in [6.07, 6.45) is 4.13. The predicted molar refractivity (Wildman–Crippen MR) is 160 cm³/mol. The summed E-state index contributed by atoms with van der Waals surface area (Å²) < 4.78 is 5.52. The molecule has 4 N–H and O–H groups in total. The van der Waals surface area contributed by atoms with E-state index in [0.717, 1.165) is 44.7 Å². The number of nitrogens with zero attached hydrogens (tertiary/aromatic N) is 3. The van der Waals surface area contributed by atoms with Gasteiger partial charge in [-0.15, -0.1) is 0 Å². The molecule has 1 aliphatic carbocycles. The highest BCUT2D eigenvalue weighted by molar-refractivity contribution is 6.06. The molecule has 11 nitrogen and oxygen atoms in total. The van der Waals surface area contributed by atoms with Gasteiger partial charge in [-0.3, -0.25) is 14.4 Å². The van der Waals surface area contributed by atoms with Crippen molar-refractivity contribution in [3.8, 4) is 0 Å². The second kappa shape index (κ2) is 13.5. The number of benzene rings is 2. The van der Waals surface area contributed by atoms with E-state index in [9.17, 15) is 14.4 Å². The third-order valence-corrected chi connectivity index (χ3v) is 7.56. The van der Waals surface area contributed by atoms with Crippen molar-refractivity contribution in [2.45, 2.75) is 38.5 Å². The fraction of sp³-hybridized carbons (Fsp3) is 0.419. The fourth-order valence-electron chi connectivity index (χ4n) is 5.09. The number of hydrogen-bond acceptors (Lipinski definition) is 8. The number of piperazine rings is 1. The van der Waals surface area contributed by atoms with Gasteiger partial charge in [0.15, 0.2) is 11.6 Å². The van der Waals surface area contributed by atoms with Gasteiger partial charge in [-0.2, -0.15) is 0 Å². The second-order valence-electron chi connectivity index (χ2n) is 10.7. The van der Waals surface area contributed by atoms with E-state index in [2.05, 4.69) is 55.9 Å². The van der Waals surface area contributed by atoms with Crippen molar-refractivity contribution >= 4 is 34.8 Å². The maximum atomic E-state index is 13.2. The molecule has 2 aromatic carbocycles. The van der Waals surface area contributed by atoms with Gasteiger partial charge in [0.25, 0.3) is 11.8 Å². The van der Waals surface area contributed by atoms with Gasteiger partial charge in [0, 0.05) is 62.9 Å². The van der Waals surface area contributed by atoms with Crippen LogP contribution in [0.1, 0.15) is 63.9 Å². The molecule has 0 spiro atoms. The number of anilines is 3. The Bertz CT molecular complexity index is 1410. The maximum Gasteiger partial charge on any atom is 0.277 e. The Hall–Kier alpha value is -4.38. The third kappa shape index (κ3) is 7.27. The molecule has 0 atom stereocenters. The van der Waals surface area contributed by atoms with E-state index < -0.39 is 5.91 Å². The number of aliphatic hydroxyl groups excluding tert-OH is 1. The van der Waals surface area contributed by atoms with Gasteiger partial charge in [0.2, 0.25) is 5.91 Å². The highest BCUT2D eigenvalue weighted by atomic mass is 16.3. The minimum absolute atomic E-state index is 0.113. The highest BCUT2D eigenvalue weighted by Crippen LogP contribution is 2.39. The van der Waals surface area contributed by atoms with Crippen LogP contribution in [0.2, 0.25) is 0 Å². The van der Waals surface area contributed by atoms with Crippen LogP contribution >= 0.6 is 0 Å². The molecule has 5 rings (SSSR count). The number of oxazole rings is 1. The summed E-state index contributed by atoms with van der Waals surface area (Å²) >= 11 is 0. The van der Waals surface area contributed by atoms with Crippen LogP contribution < -0.4 is 25.8 Å². The van der Waals surface area contributed by atoms with Crippen molar-refractivity contribution in [1.29, 1.82) is 0 Å². The van der Waals surface area contributed by atoms with Crippen LogP contribution in [0.4, 0.5) is 17.1 Å². The Balaban J connectivity index is 1.28. The Labute approximate surface area is 245 Å². The number of para-hydroxylation sites is 1. The molecule has 2 fully saturated rings. The molecule has 2 aliphatic rings. The number of nitrogens with one attached hydrogen (secondary N) is 3. The third-order valence-electron chi connectivity index (χ3n) is 7.56. The summed E-state index contributed by atoms with van der Waals surface area (Å²) in [5.41, 5.74) is 4.42. The molecular formula is C31H38N6O5. The molecule has 42 heavy (non-hydrogen) atoms. The SMILES string of the molecule is Cc1ccccc1N1CCN(c2ccc(C(=O)NCCCC(=O)NCCO)cc2NC(=O)c2coc(C3CC3)n2)CC1. The van der Waals surface area contributed by atoms with Gasteiger partial charge in [-0.05, 0) is 56.0 Å². The Morgan fingerprint density at radius 1 is 0.952 bits per heavy atom. The predicted octanol–water partition coefficient (Wildman–Crippen LogP) is 3.06. The number of hydrogen-bond donors (Lipinski definition) is 4. The number of aryl methyl sites for hydroxylation is 1. The van der Waals surface area contributed by atoms with Crippen LogP contribution in [-0.2, 0) is 4.79 Å². The van der Waals surface area contributed by atoms with Crippen LogP contribution in [0.5, 0.6) is 0 Å². The van der Waals surface area contributed by atoms with E-state index in [1.165, 1.54) is 17.5 Å². The van der Waals surface area contributed by atoms with Gasteiger partial charge in [0.05, 0.1) is 18.0 Å². The zero-order valence-corrected chi connectivity index (χ0v) is 23.9. The molecule has 1 saturated heterocycles. The maximum absolute atomic E-state index is 13.2. The second-order valence-corrected chi connectivity index (χ2v) is 10.7. The molecule has 2 heterocycles. The van der Waals surface area contributed by atoms with E-state index in [-0.39, 0.29) is 37.1 Å². The average Bonchev–Trinajstić information content (AvgIpc) is 3.74. The molecule has 222 valence electrons. The first-order valence-corrected chi connectivity index (χ1v) is 14.5. The van der Waals surface area contributed by atoms with Crippen molar-refractivity contribution in [3.63, 3.8) is 0 Å². The Morgan fingerprint density at radius 3 is 2.40 bits per heavy atom. The van der Waals surface area contributed by atoms with Gasteiger partial charge in [0.1, 0.15) is 6.26 Å². The van der Waals surface area contributed by atoms with Crippen molar-refractivity contribution in [3.05, 3.63) is 71.4 Å². The lowest BCUT2D eigenvalue weighted by Crippen LogP contribution is -2.47. The fourth-order valence-corrected chi connectivity index (χ4v) is 5.09. The number of carbonyl (C=O) groups is 3. The molecule has 1 aromatic heterocycles. The topological polar surface area (TPSA) is 140 Å². The quantitative estimate of drug-likeness (QED) is 0.242. The summed E-state index contributed by atoms with van der Waals surface area (Å²) in [6.45, 7) is 5.66. The number of rotatable bonds is 12. The molecule has 0 radical (unpaired) electrons. The normalized spacial score (nSPS) is 14.9. The molecule has 1 saturated carbocycles. The lowest BCUT2D eigenvalue weighted by molar-refractivity contribution is -0.121. The molecule has 11 heteroatoms. The van der Waals surface area contributed by atoms with Crippen molar-refractivity contribution in [1.82, 2.24) is 15.6 Å². The number of aromatic nitrogens is 1. The average molecular weight is 575 g/mol. The van der Waals surface area contributed by atoms with E-state index in [4.69, 9.17) is 9.52 Å². The van der Waals surface area contributed by atoms with Crippen molar-refractivity contribution in [2.75, 3.05) is 61.0 Å². The first-order chi connectivity index (χ1) is 20.4. The van der Waals surface area contributed by atoms with E-state index in [1.807, 2.05) is 12.1 Å². The lowest BCUT2D eigenvalue weighted by atomic mass is 10.1. The van der Waals surface area contributed by atoms with Gasteiger partial charge < -0.3 is 35.3 Å². The van der Waals surface area contributed by atoms with Gasteiger partial charge >= 0.3 is 0 Å². The smallest absolute Gasteiger partial charge is 0.277 e. The van der Waals surface area contributed by atoms with Crippen LogP contribution in [0.3, 0.4) is 0 Å². The first-order valence-electron chi connectivity index (χ1n) is 14.5. The number of aliphatic hydroxyl groups is 1. The monoisotopic (exact) mass is 574 g/mol. The lowest BCUT2D eigenvalue weighted by Gasteiger charge is -2.38. The summed E-state index contributed by atoms with van der Waals surface area (Å²) in [5.74, 6) is 0.0183. The van der Waals surface area contributed by atoms with E-state index >= 15 is 0 Å².